The van der Waals surface area contributed by atoms with E-state index in [1.54, 1.807) is 11.8 Å². The fourth-order valence-electron chi connectivity index (χ4n) is 1.21. The molecule has 51 valence electrons. The number of carbonyl (C=O) groups excluding carboxylic acids is 1. The maximum atomic E-state index is 10.8. The average molecular weight is 126 g/mol. The van der Waals surface area contributed by atoms with E-state index in [0.717, 1.165) is 12.8 Å². The average Bonchev–Trinajstić information content (AvgIpc) is 2.13. The molecule has 0 aromatic carbocycles. The van der Waals surface area contributed by atoms with Crippen molar-refractivity contribution in [3.05, 3.63) is 6.54 Å². The Hall–Kier alpha value is -0.530. The highest BCUT2D eigenvalue weighted by molar-refractivity contribution is 5.74. The summed E-state index contributed by atoms with van der Waals surface area (Å²) in [4.78, 5) is 12.6. The summed E-state index contributed by atoms with van der Waals surface area (Å²) in [7, 11) is 0. The van der Waals surface area contributed by atoms with Crippen LogP contribution in [0.3, 0.4) is 0 Å². The molecule has 0 N–H and O–H groups in total. The van der Waals surface area contributed by atoms with Gasteiger partial charge in [0.1, 0.15) is 0 Å². The highest BCUT2D eigenvalue weighted by Crippen LogP contribution is 2.19. The van der Waals surface area contributed by atoms with E-state index in [9.17, 15) is 4.79 Å². The van der Waals surface area contributed by atoms with Crippen LogP contribution in [-0.4, -0.2) is 16.8 Å². The first-order chi connectivity index (χ1) is 4.22. The minimum absolute atomic E-state index is 0.167. The third-order valence-corrected chi connectivity index (χ3v) is 1.75. The second-order valence-electron chi connectivity index (χ2n) is 2.54. The quantitative estimate of drug-likeness (QED) is 0.477. The van der Waals surface area contributed by atoms with Crippen molar-refractivity contribution in [2.75, 3.05) is 0 Å². The number of amides is 1. The van der Waals surface area contributed by atoms with Gasteiger partial charge in [0.2, 0.25) is 5.91 Å². The molecule has 1 atom stereocenters. The van der Waals surface area contributed by atoms with Crippen LogP contribution in [0, 0.1) is 6.54 Å². The maximum Gasteiger partial charge on any atom is 0.220 e. The summed E-state index contributed by atoms with van der Waals surface area (Å²) in [6.45, 7) is 5.66. The lowest BCUT2D eigenvalue weighted by Crippen LogP contribution is -2.28. The molecule has 0 aliphatic carbocycles. The summed E-state index contributed by atoms with van der Waals surface area (Å²) >= 11 is 0. The third kappa shape index (κ3) is 1.23. The topological polar surface area (TPSA) is 20.3 Å². The Morgan fingerprint density at radius 2 is 2.44 bits per heavy atom. The lowest BCUT2D eigenvalue weighted by Gasteiger charge is -2.17. The van der Waals surface area contributed by atoms with E-state index in [-0.39, 0.29) is 5.91 Å². The van der Waals surface area contributed by atoms with Crippen LogP contribution in [0.4, 0.5) is 0 Å². The largest absolute Gasteiger partial charge is 0.335 e. The first-order valence-corrected chi connectivity index (χ1v) is 3.34. The zero-order valence-electron chi connectivity index (χ0n) is 5.92. The van der Waals surface area contributed by atoms with Crippen LogP contribution < -0.4 is 0 Å². The molecule has 1 aliphatic rings. The van der Waals surface area contributed by atoms with Gasteiger partial charge in [-0.25, -0.2) is 0 Å². The van der Waals surface area contributed by atoms with Gasteiger partial charge in [0.25, 0.3) is 0 Å². The van der Waals surface area contributed by atoms with E-state index >= 15 is 0 Å². The molecule has 9 heavy (non-hydrogen) atoms. The molecule has 1 rings (SSSR count). The van der Waals surface area contributed by atoms with Gasteiger partial charge in [-0.1, -0.05) is 0 Å². The summed E-state index contributed by atoms with van der Waals surface area (Å²) in [6.07, 6.45) is 2.18. The van der Waals surface area contributed by atoms with E-state index in [2.05, 4.69) is 6.92 Å². The lowest BCUT2D eigenvalue weighted by molar-refractivity contribution is -0.127. The zero-order chi connectivity index (χ0) is 6.85. The van der Waals surface area contributed by atoms with E-state index < -0.39 is 0 Å². The molecule has 0 saturated carbocycles. The summed E-state index contributed by atoms with van der Waals surface area (Å²) in [5, 5.41) is 0. The molecule has 1 amide bonds. The first kappa shape index (κ1) is 6.59. The summed E-state index contributed by atoms with van der Waals surface area (Å²) in [5.74, 6) is 0.167. The Morgan fingerprint density at radius 3 is 2.67 bits per heavy atom. The van der Waals surface area contributed by atoms with Gasteiger partial charge in [-0.2, -0.15) is 0 Å². The Bertz CT molecular complexity index is 122. The van der Waals surface area contributed by atoms with Gasteiger partial charge in [-0.05, 0) is 19.8 Å². The van der Waals surface area contributed by atoms with Crippen molar-refractivity contribution in [2.45, 2.75) is 32.7 Å². The van der Waals surface area contributed by atoms with Gasteiger partial charge in [0.05, 0.1) is 6.54 Å². The van der Waals surface area contributed by atoms with Gasteiger partial charge in [0.15, 0.2) is 0 Å². The van der Waals surface area contributed by atoms with Crippen molar-refractivity contribution in [1.82, 2.24) is 4.90 Å². The second kappa shape index (κ2) is 2.38. The maximum absolute atomic E-state index is 10.8. The minimum Gasteiger partial charge on any atom is -0.335 e. The molecule has 1 radical (unpaired) electrons. The van der Waals surface area contributed by atoms with Crippen molar-refractivity contribution < 1.29 is 4.79 Å². The van der Waals surface area contributed by atoms with Crippen molar-refractivity contribution in [3.8, 4) is 0 Å². The number of carbonyl (C=O) groups is 1. The summed E-state index contributed by atoms with van der Waals surface area (Å²) in [6, 6.07) is 0.433. The van der Waals surface area contributed by atoms with Gasteiger partial charge in [0, 0.05) is 13.0 Å². The molecule has 1 aliphatic heterocycles. The van der Waals surface area contributed by atoms with Crippen LogP contribution in [0.1, 0.15) is 26.7 Å². The molecule has 0 aromatic heterocycles. The van der Waals surface area contributed by atoms with Crippen LogP contribution in [-0.2, 0) is 4.79 Å². The highest BCUT2D eigenvalue weighted by atomic mass is 16.2. The van der Waals surface area contributed by atoms with Gasteiger partial charge in [-0.15, -0.1) is 0 Å². The second-order valence-corrected chi connectivity index (χ2v) is 2.54. The molecule has 0 spiro atoms. The Morgan fingerprint density at radius 1 is 1.78 bits per heavy atom. The van der Waals surface area contributed by atoms with Gasteiger partial charge < -0.3 is 4.90 Å². The van der Waals surface area contributed by atoms with Crippen LogP contribution in [0.25, 0.3) is 0 Å². The molecule has 1 fully saturated rings. The Labute approximate surface area is 55.8 Å². The van der Waals surface area contributed by atoms with Crippen molar-refractivity contribution in [2.24, 2.45) is 0 Å². The number of rotatable bonds is 0. The lowest BCUT2D eigenvalue weighted by atomic mass is 10.2. The summed E-state index contributed by atoms with van der Waals surface area (Å²) < 4.78 is 0. The van der Waals surface area contributed by atoms with Crippen LogP contribution >= 0.6 is 0 Å². The van der Waals surface area contributed by atoms with Crippen LogP contribution in [0.5, 0.6) is 0 Å². The van der Waals surface area contributed by atoms with Gasteiger partial charge >= 0.3 is 0 Å². The molecule has 1 heterocycles. The van der Waals surface area contributed by atoms with E-state index in [1.807, 2.05) is 6.54 Å². The van der Waals surface area contributed by atoms with E-state index in [1.165, 1.54) is 0 Å². The molecule has 2 heteroatoms. The predicted molar refractivity (Wildman–Crippen MR) is 35.5 cm³/mol. The van der Waals surface area contributed by atoms with Crippen LogP contribution in [0.15, 0.2) is 0 Å². The smallest absolute Gasteiger partial charge is 0.220 e. The SMILES string of the molecule is CC(=O)N1[CH]CCC1C. The van der Waals surface area contributed by atoms with Crippen LogP contribution in [0.2, 0.25) is 0 Å². The molecule has 0 bridgehead atoms. The molecule has 1 unspecified atom stereocenters. The molecular weight excluding hydrogens is 114 g/mol. The number of hydrogen-bond acceptors (Lipinski definition) is 1. The fraction of sp³-hybridized carbons (Fsp3) is 0.714. The van der Waals surface area contributed by atoms with Crippen molar-refractivity contribution in [1.29, 1.82) is 0 Å². The standard InChI is InChI=1S/C7H12NO/c1-6-4-3-5-8(6)7(2)9/h5-6H,3-4H2,1-2H3. The van der Waals surface area contributed by atoms with E-state index in [4.69, 9.17) is 0 Å². The minimum atomic E-state index is 0.167. The van der Waals surface area contributed by atoms with E-state index in [0.29, 0.717) is 6.04 Å². The monoisotopic (exact) mass is 126 g/mol. The fourth-order valence-corrected chi connectivity index (χ4v) is 1.21. The highest BCUT2D eigenvalue weighted by Gasteiger charge is 2.21. The van der Waals surface area contributed by atoms with Gasteiger partial charge in [-0.3, -0.25) is 4.79 Å². The molecule has 0 aromatic rings. The normalized spacial score (nSPS) is 26.9. The van der Waals surface area contributed by atoms with Crippen molar-refractivity contribution >= 4 is 5.91 Å². The predicted octanol–water partition coefficient (Wildman–Crippen LogP) is 1.18. The number of hydrogen-bond donors (Lipinski definition) is 0. The summed E-state index contributed by atoms with van der Waals surface area (Å²) in [5.41, 5.74) is 0. The molecule has 1 saturated heterocycles. The molecular formula is C7H12NO. The molecule has 2 nitrogen and oxygen atoms in total. The number of nitrogens with zero attached hydrogens (tertiary/aromatic N) is 1. The van der Waals surface area contributed by atoms with Crippen molar-refractivity contribution in [3.63, 3.8) is 0 Å². The Balaban J connectivity index is 2.49. The Kier molecular flexibility index (Phi) is 1.74. The number of likely N-dealkylation sites (tertiary alicyclic amines) is 1. The zero-order valence-corrected chi connectivity index (χ0v) is 5.92. The third-order valence-electron chi connectivity index (χ3n) is 1.75. The first-order valence-electron chi connectivity index (χ1n) is 3.34.